The average molecular weight is 1230 g/mol. The van der Waals surface area contributed by atoms with Crippen molar-refractivity contribution in [3.05, 3.63) is 50.3 Å². The number of hydrogen-bond donors (Lipinski definition) is 3. The molecule has 1 aromatic heterocycles. The lowest BCUT2D eigenvalue weighted by Gasteiger charge is -2.26. The first kappa shape index (κ1) is 77.4. The van der Waals surface area contributed by atoms with Crippen molar-refractivity contribution in [1.29, 1.82) is 0 Å². The first-order chi connectivity index (χ1) is 42.6. The van der Waals surface area contributed by atoms with E-state index < -0.39 is 60.9 Å². The van der Waals surface area contributed by atoms with Gasteiger partial charge in [-0.3, -0.25) is 14.3 Å². The van der Waals surface area contributed by atoms with Gasteiger partial charge in [-0.15, -0.1) is 0 Å². The Morgan fingerprint density at radius 2 is 0.839 bits per heavy atom. The van der Waals surface area contributed by atoms with Gasteiger partial charge in [-0.25, -0.2) is 14.4 Å². The minimum absolute atomic E-state index is 0.102. The van der Waals surface area contributed by atoms with E-state index in [-0.39, 0.29) is 11.1 Å². The fraction of sp³-hybridized carbons (Fsp3) is 0.836. The zero-order chi connectivity index (χ0) is 62.7. The highest BCUT2D eigenvalue weighted by molar-refractivity contribution is 5.92. The normalized spacial score (nSPS) is 15.7. The van der Waals surface area contributed by atoms with Crippen molar-refractivity contribution in [1.82, 2.24) is 9.55 Å². The van der Waals surface area contributed by atoms with Crippen LogP contribution in [0.1, 0.15) is 358 Å². The quantitative estimate of drug-likeness (QED) is 0.0324. The van der Waals surface area contributed by atoms with Crippen LogP contribution in [0.15, 0.2) is 27.9 Å². The lowest BCUT2D eigenvalue weighted by Crippen LogP contribution is -2.45. The summed E-state index contributed by atoms with van der Waals surface area (Å²) >= 11 is 0. The standard InChI is InChI=1S/C73H128N2O12/c1-5-8-11-14-17-20-23-26-29-32-35-38-41-44-47-50-53-82-64-56-63(71(79)85-61-68(77)87-73(81)58-67(86-66(73)60-76)75-59-62(4)70(78)74-72(75)80)57-65(83-54-51-48-45-42-39-36-33-30-27-24-21-18-15-12-9-6-2)69(64)84-55-52-49-46-43-40-37-34-31-28-25-22-19-16-13-10-7-3/h56-57,59,66-67,76,81H,5-55,58,60-61H2,1-4H3,(H,74,78,80)/t66-,67-,73-/m1/s1. The third-order valence-corrected chi connectivity index (χ3v) is 17.5. The number of aliphatic hydroxyl groups excluding tert-OH is 1. The largest absolute Gasteiger partial charge is 0.490 e. The van der Waals surface area contributed by atoms with Crippen molar-refractivity contribution < 1.29 is 48.2 Å². The molecule has 502 valence electrons. The number of nitrogens with one attached hydrogen (secondary N) is 1. The number of benzene rings is 1. The van der Waals surface area contributed by atoms with E-state index in [2.05, 4.69) is 25.8 Å². The van der Waals surface area contributed by atoms with Crippen LogP contribution in [0, 0.1) is 6.92 Å². The maximum absolute atomic E-state index is 14.0. The first-order valence-electron chi connectivity index (χ1n) is 36.3. The van der Waals surface area contributed by atoms with E-state index in [1.54, 1.807) is 12.1 Å². The number of aromatic amines is 1. The van der Waals surface area contributed by atoms with Crippen LogP contribution in [0.2, 0.25) is 0 Å². The number of aliphatic hydroxyl groups is 2. The summed E-state index contributed by atoms with van der Waals surface area (Å²) in [5.41, 5.74) is -1.05. The molecule has 0 amide bonds. The second-order valence-corrected chi connectivity index (χ2v) is 25.6. The van der Waals surface area contributed by atoms with Gasteiger partial charge in [-0.1, -0.05) is 310 Å². The number of H-pyrrole nitrogens is 1. The van der Waals surface area contributed by atoms with Crippen LogP contribution in [0.5, 0.6) is 17.2 Å². The Kier molecular flexibility index (Phi) is 46.1. The molecule has 0 aliphatic carbocycles. The Hall–Kier alpha value is -3.88. The van der Waals surface area contributed by atoms with E-state index in [1.807, 2.05) is 0 Å². The lowest BCUT2D eigenvalue weighted by molar-refractivity contribution is -0.233. The zero-order valence-corrected chi connectivity index (χ0v) is 56.0. The van der Waals surface area contributed by atoms with E-state index >= 15 is 0 Å². The molecule has 0 saturated carbocycles. The van der Waals surface area contributed by atoms with Crippen LogP contribution in [-0.2, 0) is 19.0 Å². The molecule has 0 radical (unpaired) electrons. The Balaban J connectivity index is 1.63. The monoisotopic (exact) mass is 1220 g/mol. The molecule has 2 aromatic rings. The Morgan fingerprint density at radius 1 is 0.517 bits per heavy atom. The molecule has 14 nitrogen and oxygen atoms in total. The molecule has 3 rings (SSSR count). The van der Waals surface area contributed by atoms with Gasteiger partial charge in [0.15, 0.2) is 18.1 Å². The number of nitrogens with zero attached hydrogens (tertiary/aromatic N) is 1. The summed E-state index contributed by atoms with van der Waals surface area (Å²) in [6, 6.07) is 3.19. The maximum Gasteiger partial charge on any atom is 0.346 e. The van der Waals surface area contributed by atoms with Crippen molar-refractivity contribution >= 4 is 11.9 Å². The summed E-state index contributed by atoms with van der Waals surface area (Å²) in [6.45, 7) is 8.02. The van der Waals surface area contributed by atoms with Gasteiger partial charge < -0.3 is 38.6 Å². The minimum atomic E-state index is -2.38. The summed E-state index contributed by atoms with van der Waals surface area (Å²) in [6.07, 6.45) is 59.3. The molecular formula is C73H128N2O12. The topological polar surface area (TPSA) is 185 Å². The molecule has 3 atom stereocenters. The second-order valence-electron chi connectivity index (χ2n) is 25.6. The molecular weight excluding hydrogens is 1100 g/mol. The Labute approximate surface area is 528 Å². The van der Waals surface area contributed by atoms with Gasteiger partial charge in [0.05, 0.1) is 38.4 Å². The molecule has 0 unspecified atom stereocenters. The summed E-state index contributed by atoms with van der Waals surface area (Å²) in [4.78, 5) is 54.1. The molecule has 1 aliphatic rings. The van der Waals surface area contributed by atoms with Gasteiger partial charge in [0, 0.05) is 11.8 Å². The van der Waals surface area contributed by atoms with E-state index in [1.165, 1.54) is 264 Å². The van der Waals surface area contributed by atoms with Crippen molar-refractivity contribution in [3.63, 3.8) is 0 Å². The van der Waals surface area contributed by atoms with Gasteiger partial charge >= 0.3 is 17.6 Å². The summed E-state index contributed by atoms with van der Waals surface area (Å²) in [7, 11) is 0. The SMILES string of the molecule is CCCCCCCCCCCCCCCCCCOc1cc(C(=O)OCC(=O)O[C@]2(O)C[C@H](n3cc(C)c(=O)[nH]c3=O)O[C@@H]2CO)cc(OCCCCCCCCCCCCCCCCCC)c1OCCCCCCCCCCCCCCCCCC. The van der Waals surface area contributed by atoms with Crippen LogP contribution in [0.4, 0.5) is 0 Å². The average Bonchev–Trinajstić information content (AvgIpc) is 1.84. The number of esters is 2. The van der Waals surface area contributed by atoms with E-state index in [9.17, 15) is 29.4 Å². The van der Waals surface area contributed by atoms with Gasteiger partial charge in [0.1, 0.15) is 12.3 Å². The number of ether oxygens (including phenoxy) is 6. The molecule has 0 bridgehead atoms. The summed E-state index contributed by atoms with van der Waals surface area (Å²) < 4.78 is 37.3. The fourth-order valence-corrected chi connectivity index (χ4v) is 12.0. The summed E-state index contributed by atoms with van der Waals surface area (Å²) in [5, 5.41) is 21.6. The highest BCUT2D eigenvalue weighted by atomic mass is 16.7. The number of hydrogen-bond acceptors (Lipinski definition) is 12. The zero-order valence-electron chi connectivity index (χ0n) is 56.0. The predicted octanol–water partition coefficient (Wildman–Crippen LogP) is 19.1. The number of unbranched alkanes of at least 4 members (excludes halogenated alkanes) is 45. The van der Waals surface area contributed by atoms with Crippen molar-refractivity contribution in [2.45, 2.75) is 360 Å². The van der Waals surface area contributed by atoms with Crippen molar-refractivity contribution in [3.8, 4) is 17.2 Å². The van der Waals surface area contributed by atoms with Gasteiger partial charge in [0.2, 0.25) is 11.5 Å². The maximum atomic E-state index is 14.0. The van der Waals surface area contributed by atoms with E-state index in [4.69, 9.17) is 28.4 Å². The first-order valence-corrected chi connectivity index (χ1v) is 36.3. The van der Waals surface area contributed by atoms with E-state index in [0.29, 0.717) is 37.1 Å². The van der Waals surface area contributed by atoms with Crippen LogP contribution < -0.4 is 25.5 Å². The molecule has 0 spiro atoms. The molecule has 1 fully saturated rings. The molecule has 1 aliphatic heterocycles. The molecule has 3 N–H and O–H groups in total. The molecule has 1 aromatic carbocycles. The van der Waals surface area contributed by atoms with Gasteiger partial charge in [-0.05, 0) is 38.3 Å². The lowest BCUT2D eigenvalue weighted by atomic mass is 10.0. The van der Waals surface area contributed by atoms with Gasteiger partial charge in [-0.2, -0.15) is 0 Å². The van der Waals surface area contributed by atoms with E-state index in [0.717, 1.165) is 62.4 Å². The third kappa shape index (κ3) is 36.5. The highest BCUT2D eigenvalue weighted by Gasteiger charge is 2.51. The fourth-order valence-electron chi connectivity index (χ4n) is 12.0. The minimum Gasteiger partial charge on any atom is -0.490 e. The Morgan fingerprint density at radius 3 is 1.17 bits per heavy atom. The van der Waals surface area contributed by atoms with Crippen molar-refractivity contribution in [2.24, 2.45) is 0 Å². The highest BCUT2D eigenvalue weighted by Crippen LogP contribution is 2.41. The van der Waals surface area contributed by atoms with Crippen molar-refractivity contribution in [2.75, 3.05) is 33.0 Å². The number of aryl methyl sites for hydroxylation is 1. The number of carbonyl (C=O) groups is 2. The second kappa shape index (κ2) is 51.8. The molecule has 87 heavy (non-hydrogen) atoms. The number of rotatable bonds is 60. The van der Waals surface area contributed by atoms with Gasteiger partial charge in [0.25, 0.3) is 5.56 Å². The van der Waals surface area contributed by atoms with Crippen LogP contribution in [-0.4, -0.2) is 76.6 Å². The molecule has 14 heteroatoms. The third-order valence-electron chi connectivity index (χ3n) is 17.5. The Bertz CT molecular complexity index is 2070. The predicted molar refractivity (Wildman–Crippen MR) is 355 cm³/mol. The summed E-state index contributed by atoms with van der Waals surface area (Å²) in [5.74, 6) is -3.08. The van der Waals surface area contributed by atoms with Crippen LogP contribution in [0.25, 0.3) is 0 Å². The number of carbonyl (C=O) groups excluding carboxylic acids is 2. The van der Waals surface area contributed by atoms with Crippen LogP contribution in [0.3, 0.4) is 0 Å². The molecule has 2 heterocycles. The smallest absolute Gasteiger partial charge is 0.346 e. The number of aromatic nitrogens is 2. The van der Waals surface area contributed by atoms with Crippen LogP contribution >= 0.6 is 0 Å². The molecule has 1 saturated heterocycles.